The number of aromatic amines is 1. The van der Waals surface area contributed by atoms with Crippen LogP contribution >= 0.6 is 0 Å². The summed E-state index contributed by atoms with van der Waals surface area (Å²) in [4.78, 5) is 53.2. The number of carbonyl (C=O) groups is 3. The lowest BCUT2D eigenvalue weighted by Crippen LogP contribution is -2.81. The van der Waals surface area contributed by atoms with Crippen LogP contribution in [0.25, 0.3) is 10.9 Å². The number of methoxy groups -OCH3 is 3. The van der Waals surface area contributed by atoms with E-state index in [1.54, 1.807) is 7.11 Å². The van der Waals surface area contributed by atoms with Gasteiger partial charge in [-0.1, -0.05) is 44.2 Å². The zero-order chi connectivity index (χ0) is 41.8. The fraction of sp³-hybridized carbons (Fsp3) is 0.587. The lowest BCUT2D eigenvalue weighted by atomic mass is 9.47. The minimum absolute atomic E-state index is 0.0295. The smallest absolute Gasteiger partial charge is 0.344 e. The number of nitrogens with one attached hydrogen (secondary N) is 1. The second-order valence-electron chi connectivity index (χ2n) is 18.0. The average molecular weight is 811 g/mol. The number of nitrogens with zero attached hydrogens (tertiary/aromatic N) is 3. The van der Waals surface area contributed by atoms with Crippen molar-refractivity contribution in [1.29, 1.82) is 0 Å². The number of para-hydroxylation sites is 1. The number of likely N-dealkylation sites (N-methyl/N-ethyl adjacent to an activating group) is 1. The van der Waals surface area contributed by atoms with Crippen molar-refractivity contribution in [2.45, 2.75) is 93.6 Å². The van der Waals surface area contributed by atoms with Crippen molar-refractivity contribution in [1.82, 2.24) is 14.8 Å². The predicted molar refractivity (Wildman–Crippen MR) is 220 cm³/mol. The van der Waals surface area contributed by atoms with Gasteiger partial charge in [0.25, 0.3) is 0 Å². The highest BCUT2D eigenvalue weighted by molar-refractivity contribution is 5.95. The highest BCUT2D eigenvalue weighted by Gasteiger charge is 2.80. The Bertz CT molecular complexity index is 2240. The Labute approximate surface area is 345 Å². The summed E-state index contributed by atoms with van der Waals surface area (Å²) >= 11 is 0. The van der Waals surface area contributed by atoms with E-state index < -0.39 is 58.0 Å². The first kappa shape index (κ1) is 40.0. The minimum atomic E-state index is -2.31. The molecule has 11 atom stereocenters. The number of hydrogen-bond acceptors (Lipinski definition) is 12. The highest BCUT2D eigenvalue weighted by atomic mass is 16.6. The van der Waals surface area contributed by atoms with Gasteiger partial charge in [0.1, 0.15) is 11.2 Å². The van der Waals surface area contributed by atoms with Gasteiger partial charge in [0.2, 0.25) is 5.60 Å². The molecule has 0 radical (unpaired) electrons. The first-order valence-corrected chi connectivity index (χ1v) is 21.3. The van der Waals surface area contributed by atoms with Crippen LogP contribution in [-0.4, -0.2) is 134 Å². The van der Waals surface area contributed by atoms with Crippen LogP contribution in [0.4, 0.5) is 5.69 Å². The summed E-state index contributed by atoms with van der Waals surface area (Å²) in [5, 5.41) is 26.5. The van der Waals surface area contributed by atoms with E-state index in [1.165, 1.54) is 21.1 Å². The largest absolute Gasteiger partial charge is 0.496 e. The van der Waals surface area contributed by atoms with Gasteiger partial charge in [0.15, 0.2) is 6.10 Å². The zero-order valence-electron chi connectivity index (χ0n) is 35.2. The number of anilines is 1. The Morgan fingerprint density at radius 1 is 0.983 bits per heavy atom. The fourth-order valence-corrected chi connectivity index (χ4v) is 13.5. The Balaban J connectivity index is 1.37. The molecule has 1 aromatic heterocycles. The topological polar surface area (TPSA) is 154 Å². The maximum Gasteiger partial charge on any atom is 0.344 e. The molecular weight excluding hydrogens is 753 g/mol. The summed E-state index contributed by atoms with van der Waals surface area (Å²) < 4.78 is 23.9. The lowest BCUT2D eigenvalue weighted by molar-refractivity contribution is -0.228. The van der Waals surface area contributed by atoms with Crippen LogP contribution < -0.4 is 9.64 Å². The SMILES string of the molecule is CC[C@@H]1CN2CCc3c([nH]c4ccccc34)[C@@](C(=O)OC)(c3cc4c(cc3OC)N(C)[C@H]3[C@@](O)(C(=O)OC)[C@H](OC(C)=O)[C@]5(CC)C=CCN6CC[C@]43[C@@H]65)C[C@H](C2)[C@H]1O. The van der Waals surface area contributed by atoms with E-state index in [0.29, 0.717) is 50.2 Å². The molecule has 2 saturated heterocycles. The summed E-state index contributed by atoms with van der Waals surface area (Å²) in [5.41, 5.74) is -0.857. The third-order valence-electron chi connectivity index (χ3n) is 15.7. The van der Waals surface area contributed by atoms with Crippen molar-refractivity contribution in [3.8, 4) is 5.75 Å². The zero-order valence-corrected chi connectivity index (χ0v) is 35.2. The molecule has 5 aliphatic heterocycles. The second kappa shape index (κ2) is 14.1. The van der Waals surface area contributed by atoms with Crippen LogP contribution in [0.3, 0.4) is 0 Å². The standard InChI is InChI=1S/C46H58N4O9/c1-8-27-24-49-19-15-30-29-13-10-11-14-33(29)47-37(30)45(41(53)57-6,23-28(25-49)36(27)52)32-21-31-34(22-35(32)56-5)48(4)39-44(31)17-20-50-18-12-16-43(9-2,38(44)50)40(59-26(3)51)46(39,55)42(54)58-7/h10-14,16,21-22,27-28,36,38-40,47,52,55H,8-9,15,17-20,23-25H2,1-7H3/t27-,28-,36+,38+,39-,40-,43-,44-,45+,46+/m1/s1. The molecule has 9 rings (SSSR count). The Hall–Kier alpha value is -4.43. The van der Waals surface area contributed by atoms with E-state index in [2.05, 4.69) is 39.9 Å². The van der Waals surface area contributed by atoms with Gasteiger partial charge in [0.05, 0.1) is 33.5 Å². The average Bonchev–Trinajstić information content (AvgIpc) is 3.91. The molecule has 3 aromatic rings. The number of hydrogen-bond donors (Lipinski definition) is 3. The molecular formula is C46H58N4O9. The van der Waals surface area contributed by atoms with Crippen LogP contribution in [0, 0.1) is 17.3 Å². The number of fused-ring (bicyclic) bond motifs is 6. The van der Waals surface area contributed by atoms with E-state index >= 15 is 4.79 Å². The van der Waals surface area contributed by atoms with Gasteiger partial charge < -0.3 is 43.9 Å². The maximum absolute atomic E-state index is 15.3. The number of ether oxygens (including phenoxy) is 4. The molecule has 3 fully saturated rings. The highest BCUT2D eigenvalue weighted by Crippen LogP contribution is 2.68. The number of aliphatic hydroxyl groups is 2. The number of carbonyl (C=O) groups excluding carboxylic acids is 3. The number of H-pyrrole nitrogens is 1. The van der Waals surface area contributed by atoms with E-state index in [9.17, 15) is 19.8 Å². The number of rotatable bonds is 7. The van der Waals surface area contributed by atoms with Crippen molar-refractivity contribution in [3.63, 3.8) is 0 Å². The predicted octanol–water partition coefficient (Wildman–Crippen LogP) is 3.85. The number of piperidine rings is 1. The van der Waals surface area contributed by atoms with Gasteiger partial charge >= 0.3 is 17.9 Å². The van der Waals surface area contributed by atoms with E-state index in [4.69, 9.17) is 18.9 Å². The molecule has 6 heterocycles. The Kier molecular flexibility index (Phi) is 9.54. The quantitative estimate of drug-likeness (QED) is 0.181. The second-order valence-corrected chi connectivity index (χ2v) is 18.0. The number of esters is 3. The van der Waals surface area contributed by atoms with Gasteiger partial charge in [-0.2, -0.15) is 0 Å². The van der Waals surface area contributed by atoms with Gasteiger partial charge in [-0.25, -0.2) is 4.79 Å². The molecule has 0 amide bonds. The van der Waals surface area contributed by atoms with Crippen LogP contribution in [-0.2, 0) is 45.8 Å². The number of aliphatic hydroxyl groups excluding tert-OH is 1. The molecule has 13 nitrogen and oxygen atoms in total. The molecule has 2 aromatic carbocycles. The van der Waals surface area contributed by atoms with Crippen molar-refractivity contribution in [2.24, 2.45) is 17.3 Å². The minimum Gasteiger partial charge on any atom is -0.496 e. The van der Waals surface area contributed by atoms with Gasteiger partial charge in [-0.05, 0) is 73.7 Å². The third-order valence-corrected chi connectivity index (χ3v) is 15.7. The van der Waals surface area contributed by atoms with Crippen molar-refractivity contribution < 1.29 is 43.5 Å². The number of benzene rings is 2. The Morgan fingerprint density at radius 2 is 1.75 bits per heavy atom. The van der Waals surface area contributed by atoms with Crippen molar-refractivity contribution in [3.05, 3.63) is 70.9 Å². The molecule has 1 unspecified atom stereocenters. The monoisotopic (exact) mass is 810 g/mol. The molecule has 13 heteroatoms. The van der Waals surface area contributed by atoms with Crippen LogP contribution in [0.5, 0.6) is 5.75 Å². The normalized spacial score (nSPS) is 37.0. The van der Waals surface area contributed by atoms with E-state index in [-0.39, 0.29) is 24.3 Å². The first-order valence-electron chi connectivity index (χ1n) is 21.3. The van der Waals surface area contributed by atoms with Crippen molar-refractivity contribution >= 4 is 34.5 Å². The van der Waals surface area contributed by atoms with Gasteiger partial charge in [-0.15, -0.1) is 0 Å². The maximum atomic E-state index is 15.3. The summed E-state index contributed by atoms with van der Waals surface area (Å²) in [6.07, 6.45) is 4.91. The van der Waals surface area contributed by atoms with Crippen LogP contribution in [0.2, 0.25) is 0 Å². The molecule has 1 spiro atoms. The van der Waals surface area contributed by atoms with Gasteiger partial charge in [0, 0.05) is 90.9 Å². The summed E-state index contributed by atoms with van der Waals surface area (Å²) in [5.74, 6) is -1.78. The van der Waals surface area contributed by atoms with E-state index in [1.807, 2.05) is 49.2 Å². The Morgan fingerprint density at radius 3 is 2.44 bits per heavy atom. The first-order chi connectivity index (χ1) is 28.3. The summed E-state index contributed by atoms with van der Waals surface area (Å²) in [6.45, 7) is 8.89. The molecule has 1 aliphatic carbocycles. The number of aromatic nitrogens is 1. The van der Waals surface area contributed by atoms with Crippen molar-refractivity contribution in [2.75, 3.05) is 66.0 Å². The van der Waals surface area contributed by atoms with Crippen LogP contribution in [0.1, 0.15) is 68.8 Å². The summed E-state index contributed by atoms with van der Waals surface area (Å²) in [6, 6.07) is 10.9. The van der Waals surface area contributed by atoms with Crippen LogP contribution in [0.15, 0.2) is 48.6 Å². The molecule has 6 aliphatic rings. The van der Waals surface area contributed by atoms with Gasteiger partial charge in [-0.3, -0.25) is 14.5 Å². The summed E-state index contributed by atoms with van der Waals surface area (Å²) in [7, 11) is 6.13. The fourth-order valence-electron chi connectivity index (χ4n) is 13.5. The van der Waals surface area contributed by atoms with E-state index in [0.717, 1.165) is 52.9 Å². The molecule has 316 valence electrons. The molecule has 1 saturated carbocycles. The lowest BCUT2D eigenvalue weighted by Gasteiger charge is -2.63. The molecule has 2 bridgehead atoms. The third kappa shape index (κ3) is 5.13. The molecule has 59 heavy (non-hydrogen) atoms. The molecule has 3 N–H and O–H groups in total.